The number of para-hydroxylation sites is 1. The van der Waals surface area contributed by atoms with Crippen LogP contribution in [0.5, 0.6) is 0 Å². The molecule has 3 aromatic rings. The van der Waals surface area contributed by atoms with Crippen molar-refractivity contribution >= 4 is 11.0 Å². The Hall–Kier alpha value is -2.23. The van der Waals surface area contributed by atoms with Gasteiger partial charge in [0.05, 0.1) is 5.69 Å². The maximum Gasteiger partial charge on any atom is 0.323 e. The molecule has 0 unspecified atom stereocenters. The van der Waals surface area contributed by atoms with Crippen LogP contribution in [-0.2, 0) is 0 Å². The van der Waals surface area contributed by atoms with Gasteiger partial charge >= 0.3 is 5.69 Å². The quantitative estimate of drug-likeness (QED) is 0.632. The number of imidazole rings is 1. The molecule has 4 heteroatoms. The number of H-pyrrole nitrogens is 2. The number of hydrogen-bond acceptors (Lipinski definition) is 2. The molecule has 0 atom stereocenters. The molecule has 0 aliphatic rings. The topological polar surface area (TPSA) is 61.8 Å². The SMILES string of the molecule is O=c1[nH]cc(-c2coc3ccccc23)[nH]1. The van der Waals surface area contributed by atoms with Crippen LogP contribution in [0.25, 0.3) is 22.2 Å². The van der Waals surface area contributed by atoms with Gasteiger partial charge in [-0.25, -0.2) is 4.79 Å². The molecule has 2 heterocycles. The molecule has 0 amide bonds. The molecule has 15 heavy (non-hydrogen) atoms. The van der Waals surface area contributed by atoms with Gasteiger partial charge in [-0.05, 0) is 6.07 Å². The average Bonchev–Trinajstić information content (AvgIpc) is 2.83. The summed E-state index contributed by atoms with van der Waals surface area (Å²) in [5.41, 5.74) is 2.23. The monoisotopic (exact) mass is 200 g/mol. The van der Waals surface area contributed by atoms with Crippen molar-refractivity contribution in [2.24, 2.45) is 0 Å². The van der Waals surface area contributed by atoms with Gasteiger partial charge in [-0.3, -0.25) is 0 Å². The first-order chi connectivity index (χ1) is 7.34. The fourth-order valence-corrected chi connectivity index (χ4v) is 1.66. The normalized spacial score (nSPS) is 10.9. The summed E-state index contributed by atoms with van der Waals surface area (Å²) in [4.78, 5) is 16.2. The molecule has 0 spiro atoms. The van der Waals surface area contributed by atoms with Crippen LogP contribution in [0.1, 0.15) is 0 Å². The van der Waals surface area contributed by atoms with Crippen molar-refractivity contribution in [3.05, 3.63) is 47.2 Å². The molecule has 74 valence electrons. The molecule has 0 aliphatic carbocycles. The van der Waals surface area contributed by atoms with Crippen molar-refractivity contribution in [1.29, 1.82) is 0 Å². The molecule has 0 bridgehead atoms. The van der Waals surface area contributed by atoms with Crippen LogP contribution in [0.2, 0.25) is 0 Å². The maximum atomic E-state index is 11.0. The highest BCUT2D eigenvalue weighted by atomic mass is 16.3. The molecule has 4 nitrogen and oxygen atoms in total. The van der Waals surface area contributed by atoms with Gasteiger partial charge in [-0.15, -0.1) is 0 Å². The van der Waals surface area contributed by atoms with Gasteiger partial charge in [0.15, 0.2) is 0 Å². The lowest BCUT2D eigenvalue weighted by Gasteiger charge is -1.91. The first-order valence-corrected chi connectivity index (χ1v) is 4.59. The number of rotatable bonds is 1. The van der Waals surface area contributed by atoms with E-state index < -0.39 is 0 Å². The van der Waals surface area contributed by atoms with E-state index in [0.29, 0.717) is 0 Å². The minimum atomic E-state index is -0.213. The van der Waals surface area contributed by atoms with Crippen molar-refractivity contribution in [3.63, 3.8) is 0 Å². The number of aromatic amines is 2. The van der Waals surface area contributed by atoms with Crippen LogP contribution < -0.4 is 5.69 Å². The number of aromatic nitrogens is 2. The fourth-order valence-electron chi connectivity index (χ4n) is 1.66. The highest BCUT2D eigenvalue weighted by Crippen LogP contribution is 2.27. The predicted molar refractivity (Wildman–Crippen MR) is 56.6 cm³/mol. The largest absolute Gasteiger partial charge is 0.464 e. The van der Waals surface area contributed by atoms with E-state index in [1.165, 1.54) is 0 Å². The minimum Gasteiger partial charge on any atom is -0.464 e. The summed E-state index contributed by atoms with van der Waals surface area (Å²) in [5, 5.41) is 0.993. The minimum absolute atomic E-state index is 0.213. The van der Waals surface area contributed by atoms with Gasteiger partial charge in [-0.1, -0.05) is 18.2 Å². The molecule has 0 radical (unpaired) electrons. The Kier molecular flexibility index (Phi) is 1.56. The van der Waals surface area contributed by atoms with Gasteiger partial charge in [0.2, 0.25) is 0 Å². The molecule has 1 aromatic carbocycles. The molecule has 0 fully saturated rings. The first kappa shape index (κ1) is 8.11. The second-order valence-electron chi connectivity index (χ2n) is 3.30. The van der Waals surface area contributed by atoms with Crippen LogP contribution in [-0.4, -0.2) is 9.97 Å². The standard InChI is InChI=1S/C11H8N2O2/c14-11-12-5-9(13-11)8-6-15-10-4-2-1-3-7(8)10/h1-6H,(H2,12,13,14). The summed E-state index contributed by atoms with van der Waals surface area (Å²) in [7, 11) is 0. The van der Waals surface area contributed by atoms with E-state index in [0.717, 1.165) is 22.2 Å². The third-order valence-electron chi connectivity index (χ3n) is 2.37. The highest BCUT2D eigenvalue weighted by Gasteiger charge is 2.08. The Morgan fingerprint density at radius 1 is 1.20 bits per heavy atom. The number of nitrogens with one attached hydrogen (secondary N) is 2. The Morgan fingerprint density at radius 2 is 2.07 bits per heavy atom. The summed E-state index contributed by atoms with van der Waals surface area (Å²) in [6.07, 6.45) is 3.28. The molecule has 0 saturated heterocycles. The number of furan rings is 1. The van der Waals surface area contributed by atoms with E-state index in [-0.39, 0.29) is 5.69 Å². The molecular formula is C11H8N2O2. The van der Waals surface area contributed by atoms with E-state index in [1.807, 2.05) is 24.3 Å². The van der Waals surface area contributed by atoms with Crippen molar-refractivity contribution in [3.8, 4) is 11.3 Å². The van der Waals surface area contributed by atoms with E-state index in [1.54, 1.807) is 12.5 Å². The van der Waals surface area contributed by atoms with Crippen molar-refractivity contribution in [1.82, 2.24) is 9.97 Å². The summed E-state index contributed by atoms with van der Waals surface area (Å²) in [6.45, 7) is 0. The second kappa shape index (κ2) is 2.88. The van der Waals surface area contributed by atoms with Gasteiger partial charge in [0, 0.05) is 17.1 Å². The highest BCUT2D eigenvalue weighted by molar-refractivity contribution is 5.92. The maximum absolute atomic E-state index is 11.0. The molecular weight excluding hydrogens is 192 g/mol. The molecule has 0 aliphatic heterocycles. The average molecular weight is 200 g/mol. The lowest BCUT2D eigenvalue weighted by molar-refractivity contribution is 0.617. The van der Waals surface area contributed by atoms with E-state index >= 15 is 0 Å². The third kappa shape index (κ3) is 1.19. The van der Waals surface area contributed by atoms with Gasteiger partial charge in [0.25, 0.3) is 0 Å². The Labute approximate surface area is 84.6 Å². The zero-order valence-corrected chi connectivity index (χ0v) is 7.78. The van der Waals surface area contributed by atoms with Crippen molar-refractivity contribution in [2.45, 2.75) is 0 Å². The van der Waals surface area contributed by atoms with Gasteiger partial charge in [0.1, 0.15) is 11.8 Å². The summed E-state index contributed by atoms with van der Waals surface area (Å²) >= 11 is 0. The Bertz CT molecular complexity index is 660. The predicted octanol–water partition coefficient (Wildman–Crippen LogP) is 2.12. The summed E-state index contributed by atoms with van der Waals surface area (Å²) < 4.78 is 5.38. The van der Waals surface area contributed by atoms with Crippen molar-refractivity contribution < 1.29 is 4.42 Å². The Morgan fingerprint density at radius 3 is 2.87 bits per heavy atom. The zero-order valence-electron chi connectivity index (χ0n) is 7.78. The fraction of sp³-hybridized carbons (Fsp3) is 0. The van der Waals surface area contributed by atoms with E-state index in [9.17, 15) is 4.79 Å². The van der Waals surface area contributed by atoms with Crippen LogP contribution in [0, 0.1) is 0 Å². The van der Waals surface area contributed by atoms with Crippen LogP contribution in [0.3, 0.4) is 0 Å². The molecule has 0 saturated carbocycles. The number of benzene rings is 1. The van der Waals surface area contributed by atoms with Crippen LogP contribution in [0.15, 0.2) is 45.9 Å². The summed E-state index contributed by atoms with van der Waals surface area (Å²) in [6, 6.07) is 7.70. The van der Waals surface area contributed by atoms with Gasteiger partial charge < -0.3 is 14.4 Å². The molecule has 2 N–H and O–H groups in total. The number of hydrogen-bond donors (Lipinski definition) is 2. The molecule has 3 rings (SSSR count). The lowest BCUT2D eigenvalue weighted by atomic mass is 10.1. The molecule has 2 aromatic heterocycles. The second-order valence-corrected chi connectivity index (χ2v) is 3.30. The lowest BCUT2D eigenvalue weighted by Crippen LogP contribution is -1.99. The van der Waals surface area contributed by atoms with Gasteiger partial charge in [-0.2, -0.15) is 0 Å². The van der Waals surface area contributed by atoms with E-state index in [2.05, 4.69) is 9.97 Å². The van der Waals surface area contributed by atoms with Crippen LogP contribution >= 0.6 is 0 Å². The summed E-state index contributed by atoms with van der Waals surface area (Å²) in [5.74, 6) is 0. The number of fused-ring (bicyclic) bond motifs is 1. The van der Waals surface area contributed by atoms with E-state index in [4.69, 9.17) is 4.42 Å². The Balaban J connectivity index is 2.32. The van der Waals surface area contributed by atoms with Crippen LogP contribution in [0.4, 0.5) is 0 Å². The first-order valence-electron chi connectivity index (χ1n) is 4.59. The zero-order chi connectivity index (χ0) is 10.3. The van der Waals surface area contributed by atoms with Crippen molar-refractivity contribution in [2.75, 3.05) is 0 Å². The smallest absolute Gasteiger partial charge is 0.323 e. The third-order valence-corrected chi connectivity index (χ3v) is 2.37.